The Labute approximate surface area is 123 Å². The first-order valence-corrected chi connectivity index (χ1v) is 7.96. The molecule has 0 aliphatic rings. The number of carbonyl (C=O) groups is 1. The maximum atomic E-state index is 12.1. The molecule has 112 valence electrons. The number of nitrogens with one attached hydrogen (secondary N) is 2. The van der Waals surface area contributed by atoms with Crippen LogP contribution in [0.4, 0.5) is 5.69 Å². The highest BCUT2D eigenvalue weighted by Gasteiger charge is 2.19. The van der Waals surface area contributed by atoms with Gasteiger partial charge in [0.25, 0.3) is 0 Å². The summed E-state index contributed by atoms with van der Waals surface area (Å²) in [5.74, 6) is -0.386. The van der Waals surface area contributed by atoms with Crippen LogP contribution in [0.25, 0.3) is 0 Å². The summed E-state index contributed by atoms with van der Waals surface area (Å²) < 4.78 is 26.5. The van der Waals surface area contributed by atoms with Gasteiger partial charge in [-0.1, -0.05) is 18.5 Å². The fourth-order valence-corrected chi connectivity index (χ4v) is 3.09. The molecule has 0 aliphatic heterocycles. The van der Waals surface area contributed by atoms with E-state index < -0.39 is 10.0 Å². The topological polar surface area (TPSA) is 101 Å². The van der Waals surface area contributed by atoms with E-state index in [1.165, 1.54) is 12.1 Å². The van der Waals surface area contributed by atoms with Gasteiger partial charge in [0.05, 0.1) is 11.4 Å². The van der Waals surface area contributed by atoms with Crippen LogP contribution in [-0.2, 0) is 14.8 Å². The van der Waals surface area contributed by atoms with E-state index in [9.17, 15) is 13.2 Å². The maximum Gasteiger partial charge on any atom is 0.241 e. The average Bonchev–Trinajstić information content (AvgIpc) is 2.38. The van der Waals surface area contributed by atoms with E-state index in [0.29, 0.717) is 12.1 Å². The normalized spacial score (nSPS) is 11.3. The lowest BCUT2D eigenvalue weighted by Gasteiger charge is -2.11. The van der Waals surface area contributed by atoms with Crippen molar-refractivity contribution in [3.63, 3.8) is 0 Å². The van der Waals surface area contributed by atoms with Gasteiger partial charge in [0, 0.05) is 17.3 Å². The summed E-state index contributed by atoms with van der Waals surface area (Å²) in [7, 11) is -3.83. The minimum atomic E-state index is -3.83. The summed E-state index contributed by atoms with van der Waals surface area (Å²) in [5.41, 5.74) is 6.37. The first kappa shape index (κ1) is 16.7. The highest BCUT2D eigenvalue weighted by Crippen LogP contribution is 2.25. The maximum absolute atomic E-state index is 12.1. The van der Waals surface area contributed by atoms with Crippen molar-refractivity contribution in [3.05, 3.63) is 22.7 Å². The third-order valence-electron chi connectivity index (χ3n) is 2.65. The number of benzene rings is 1. The van der Waals surface area contributed by atoms with Crippen LogP contribution in [0.1, 0.15) is 18.9 Å². The molecule has 6 nitrogen and oxygen atoms in total. The number of rotatable bonds is 6. The van der Waals surface area contributed by atoms with Gasteiger partial charge in [-0.05, 0) is 31.0 Å². The van der Waals surface area contributed by atoms with E-state index in [1.54, 1.807) is 6.92 Å². The zero-order valence-electron chi connectivity index (χ0n) is 11.4. The number of halogens is 1. The monoisotopic (exact) mass is 319 g/mol. The molecule has 1 aromatic rings. The predicted octanol–water partition coefficient (Wildman–Crippen LogP) is 1.04. The summed E-state index contributed by atoms with van der Waals surface area (Å²) in [5, 5.41) is 2.80. The molecule has 4 N–H and O–H groups in total. The molecule has 0 fully saturated rings. The van der Waals surface area contributed by atoms with E-state index in [1.807, 2.05) is 6.92 Å². The number of hydrogen-bond donors (Lipinski definition) is 3. The summed E-state index contributed by atoms with van der Waals surface area (Å²) in [6.07, 6.45) is 0.780. The van der Waals surface area contributed by atoms with Crippen LogP contribution < -0.4 is 15.8 Å². The summed E-state index contributed by atoms with van der Waals surface area (Å²) in [6, 6.07) is 2.78. The number of nitrogens with two attached hydrogens (primary N) is 1. The first-order valence-electron chi connectivity index (χ1n) is 6.10. The van der Waals surface area contributed by atoms with Crippen molar-refractivity contribution < 1.29 is 13.2 Å². The molecule has 0 spiro atoms. The largest absolute Gasteiger partial charge is 0.398 e. The molecule has 0 aliphatic carbocycles. The third-order valence-corrected chi connectivity index (χ3v) is 4.40. The van der Waals surface area contributed by atoms with Gasteiger partial charge in [0.1, 0.15) is 0 Å². The second-order valence-electron chi connectivity index (χ2n) is 4.29. The lowest BCUT2D eigenvalue weighted by molar-refractivity contribution is -0.119. The van der Waals surface area contributed by atoms with E-state index >= 15 is 0 Å². The van der Waals surface area contributed by atoms with Crippen molar-refractivity contribution in [2.45, 2.75) is 25.2 Å². The Hall–Kier alpha value is -1.31. The lowest BCUT2D eigenvalue weighted by Crippen LogP contribution is -2.37. The van der Waals surface area contributed by atoms with Crippen molar-refractivity contribution >= 4 is 33.2 Å². The number of hydrogen-bond acceptors (Lipinski definition) is 4. The van der Waals surface area contributed by atoms with Crippen molar-refractivity contribution in [1.82, 2.24) is 10.0 Å². The number of anilines is 1. The number of carbonyl (C=O) groups excluding carboxylic acids is 1. The fourth-order valence-electron chi connectivity index (χ4n) is 1.52. The van der Waals surface area contributed by atoms with Crippen LogP contribution in [0, 0.1) is 6.92 Å². The lowest BCUT2D eigenvalue weighted by atomic mass is 10.2. The molecule has 8 heteroatoms. The molecule has 0 saturated heterocycles. The third kappa shape index (κ3) is 4.36. The molecule has 1 aromatic carbocycles. The molecule has 1 rings (SSSR count). The van der Waals surface area contributed by atoms with Crippen LogP contribution in [0.15, 0.2) is 17.0 Å². The van der Waals surface area contributed by atoms with Gasteiger partial charge in [-0.25, -0.2) is 13.1 Å². The molecule has 0 saturated carbocycles. The predicted molar refractivity (Wildman–Crippen MR) is 79.1 cm³/mol. The molecular weight excluding hydrogens is 302 g/mol. The van der Waals surface area contributed by atoms with Crippen LogP contribution in [-0.4, -0.2) is 27.4 Å². The smallest absolute Gasteiger partial charge is 0.241 e. The van der Waals surface area contributed by atoms with E-state index in [2.05, 4.69) is 10.0 Å². The highest BCUT2D eigenvalue weighted by molar-refractivity contribution is 7.89. The molecule has 0 atom stereocenters. The van der Waals surface area contributed by atoms with Crippen molar-refractivity contribution in [2.24, 2.45) is 0 Å². The summed E-state index contributed by atoms with van der Waals surface area (Å²) in [4.78, 5) is 11.4. The Kier molecular flexibility index (Phi) is 5.79. The Balaban J connectivity index is 2.87. The Bertz CT molecular complexity index is 602. The summed E-state index contributed by atoms with van der Waals surface area (Å²) in [6.45, 7) is 3.66. The summed E-state index contributed by atoms with van der Waals surface area (Å²) >= 11 is 5.81. The van der Waals surface area contributed by atoms with Crippen LogP contribution in [0.3, 0.4) is 0 Å². The molecular formula is C12H18ClN3O3S. The Morgan fingerprint density at radius 3 is 2.65 bits per heavy atom. The van der Waals surface area contributed by atoms with Gasteiger partial charge in [0.15, 0.2) is 0 Å². The molecule has 20 heavy (non-hydrogen) atoms. The zero-order chi connectivity index (χ0) is 15.3. The fraction of sp³-hybridized carbons (Fsp3) is 0.417. The molecule has 0 bridgehead atoms. The quantitative estimate of drug-likeness (QED) is 0.682. The average molecular weight is 320 g/mol. The van der Waals surface area contributed by atoms with Crippen LogP contribution in [0.5, 0.6) is 0 Å². The van der Waals surface area contributed by atoms with Gasteiger partial charge >= 0.3 is 0 Å². The van der Waals surface area contributed by atoms with Crippen LogP contribution >= 0.6 is 11.6 Å². The number of amides is 1. The van der Waals surface area contributed by atoms with E-state index in [0.717, 1.165) is 6.42 Å². The zero-order valence-corrected chi connectivity index (χ0v) is 12.9. The van der Waals surface area contributed by atoms with Gasteiger partial charge in [-0.15, -0.1) is 0 Å². The standard InChI is InChI=1S/C12H18ClN3O3S/c1-3-4-15-12(17)7-16-20(18,19)11-6-9(13)5-10(14)8(11)2/h5-6,16H,3-4,7,14H2,1-2H3,(H,15,17). The van der Waals surface area contributed by atoms with E-state index in [-0.39, 0.29) is 28.1 Å². The minimum absolute atomic E-state index is 0.0224. The number of sulfonamides is 1. The molecule has 1 amide bonds. The van der Waals surface area contributed by atoms with Gasteiger partial charge in [-0.2, -0.15) is 0 Å². The van der Waals surface area contributed by atoms with Gasteiger partial charge < -0.3 is 11.1 Å². The van der Waals surface area contributed by atoms with Gasteiger partial charge in [-0.3, -0.25) is 4.79 Å². The first-order chi connectivity index (χ1) is 9.27. The highest BCUT2D eigenvalue weighted by atomic mass is 35.5. The molecule has 0 aromatic heterocycles. The minimum Gasteiger partial charge on any atom is -0.398 e. The molecule has 0 unspecified atom stereocenters. The number of nitrogen functional groups attached to an aromatic ring is 1. The van der Waals surface area contributed by atoms with Crippen molar-refractivity contribution in [1.29, 1.82) is 0 Å². The SMILES string of the molecule is CCCNC(=O)CNS(=O)(=O)c1cc(Cl)cc(N)c1C. The second kappa shape index (κ2) is 6.92. The molecule has 0 heterocycles. The van der Waals surface area contributed by atoms with E-state index in [4.69, 9.17) is 17.3 Å². The second-order valence-corrected chi connectivity index (χ2v) is 6.46. The van der Waals surface area contributed by atoms with Crippen molar-refractivity contribution in [3.8, 4) is 0 Å². The van der Waals surface area contributed by atoms with Crippen molar-refractivity contribution in [2.75, 3.05) is 18.8 Å². The van der Waals surface area contributed by atoms with Crippen LogP contribution in [0.2, 0.25) is 5.02 Å². The Morgan fingerprint density at radius 2 is 2.05 bits per heavy atom. The Morgan fingerprint density at radius 1 is 1.40 bits per heavy atom. The van der Waals surface area contributed by atoms with Gasteiger partial charge in [0.2, 0.25) is 15.9 Å². The molecule has 0 radical (unpaired) electrons.